The van der Waals surface area contributed by atoms with E-state index in [9.17, 15) is 8.42 Å². The fourth-order valence-corrected chi connectivity index (χ4v) is 5.48. The Hall–Kier alpha value is -0.640. The number of anilines is 1. The molecule has 0 amide bonds. The fourth-order valence-electron chi connectivity index (χ4n) is 1.87. The lowest BCUT2D eigenvalue weighted by molar-refractivity contribution is 0.599. The van der Waals surface area contributed by atoms with Crippen LogP contribution in [0.2, 0.25) is 0 Å². The van der Waals surface area contributed by atoms with Crippen molar-refractivity contribution in [2.75, 3.05) is 11.8 Å². The average Bonchev–Trinajstić information content (AvgIpc) is 2.74. The molecule has 0 saturated heterocycles. The summed E-state index contributed by atoms with van der Waals surface area (Å²) in [5, 5.41) is 4.87. The van der Waals surface area contributed by atoms with Gasteiger partial charge >= 0.3 is 0 Å². The number of nitrogens with one attached hydrogen (secondary N) is 2. The Morgan fingerprint density at radius 3 is 2.65 bits per heavy atom. The average molecular weight is 422 g/mol. The SMILES string of the molecule is CNCc1scc(C)c1S(=O)(=O)Nc1ccccc1I. The summed E-state index contributed by atoms with van der Waals surface area (Å²) in [5.74, 6) is 0. The van der Waals surface area contributed by atoms with Crippen LogP contribution >= 0.6 is 33.9 Å². The number of rotatable bonds is 5. The molecule has 2 rings (SSSR count). The van der Waals surface area contributed by atoms with Crippen molar-refractivity contribution in [2.45, 2.75) is 18.4 Å². The maximum absolute atomic E-state index is 12.6. The smallest absolute Gasteiger partial charge is 0.263 e. The highest BCUT2D eigenvalue weighted by Gasteiger charge is 2.23. The maximum atomic E-state index is 12.6. The minimum Gasteiger partial charge on any atom is -0.315 e. The molecule has 108 valence electrons. The van der Waals surface area contributed by atoms with E-state index < -0.39 is 10.0 Å². The van der Waals surface area contributed by atoms with Gasteiger partial charge in [0.25, 0.3) is 10.0 Å². The third-order valence-corrected chi connectivity index (χ3v) is 6.48. The van der Waals surface area contributed by atoms with Gasteiger partial charge in [-0.05, 0) is 59.6 Å². The first-order chi connectivity index (χ1) is 9.45. The second kappa shape index (κ2) is 6.42. The van der Waals surface area contributed by atoms with Crippen molar-refractivity contribution in [3.05, 3.63) is 43.7 Å². The van der Waals surface area contributed by atoms with Gasteiger partial charge in [0.05, 0.1) is 5.69 Å². The van der Waals surface area contributed by atoms with E-state index >= 15 is 0 Å². The summed E-state index contributed by atoms with van der Waals surface area (Å²) in [5.41, 5.74) is 1.38. The Morgan fingerprint density at radius 2 is 2.00 bits per heavy atom. The van der Waals surface area contributed by atoms with Crippen LogP contribution in [0.3, 0.4) is 0 Å². The van der Waals surface area contributed by atoms with Gasteiger partial charge in [-0.15, -0.1) is 11.3 Å². The summed E-state index contributed by atoms with van der Waals surface area (Å²) in [4.78, 5) is 1.21. The molecule has 0 spiro atoms. The number of para-hydroxylation sites is 1. The molecule has 0 aliphatic heterocycles. The molecular formula is C13H15IN2O2S2. The van der Waals surface area contributed by atoms with E-state index in [-0.39, 0.29) is 0 Å². The number of halogens is 1. The van der Waals surface area contributed by atoms with Crippen LogP contribution < -0.4 is 10.0 Å². The molecule has 0 saturated carbocycles. The second-order valence-corrected chi connectivity index (χ2v) is 8.03. The predicted molar refractivity (Wildman–Crippen MR) is 91.8 cm³/mol. The van der Waals surface area contributed by atoms with Gasteiger partial charge in [-0.2, -0.15) is 0 Å². The van der Waals surface area contributed by atoms with Crippen LogP contribution in [-0.2, 0) is 16.6 Å². The van der Waals surface area contributed by atoms with Crippen LogP contribution in [0.25, 0.3) is 0 Å². The highest BCUT2D eigenvalue weighted by atomic mass is 127. The van der Waals surface area contributed by atoms with Crippen LogP contribution in [-0.4, -0.2) is 15.5 Å². The lowest BCUT2D eigenvalue weighted by Gasteiger charge is -2.11. The van der Waals surface area contributed by atoms with Crippen molar-refractivity contribution in [2.24, 2.45) is 0 Å². The summed E-state index contributed by atoms with van der Waals surface area (Å²) < 4.78 is 28.7. The van der Waals surface area contributed by atoms with E-state index in [1.54, 1.807) is 13.1 Å². The van der Waals surface area contributed by atoms with Crippen LogP contribution in [0.15, 0.2) is 34.5 Å². The van der Waals surface area contributed by atoms with Gasteiger partial charge in [0.15, 0.2) is 0 Å². The minimum atomic E-state index is -3.56. The van der Waals surface area contributed by atoms with Crippen molar-refractivity contribution in [1.82, 2.24) is 5.32 Å². The van der Waals surface area contributed by atoms with Gasteiger partial charge in [0.1, 0.15) is 4.90 Å². The molecule has 0 aliphatic carbocycles. The standard InChI is InChI=1S/C13H15IN2O2S2/c1-9-8-19-12(7-15-2)13(9)20(17,18)16-11-6-4-3-5-10(11)14/h3-6,8,15-16H,7H2,1-2H3. The maximum Gasteiger partial charge on any atom is 0.263 e. The minimum absolute atomic E-state index is 0.386. The third-order valence-electron chi connectivity index (χ3n) is 2.71. The highest BCUT2D eigenvalue weighted by Crippen LogP contribution is 2.29. The van der Waals surface area contributed by atoms with Crippen molar-refractivity contribution in [3.8, 4) is 0 Å². The predicted octanol–water partition coefficient (Wildman–Crippen LogP) is 3.18. The van der Waals surface area contributed by atoms with Crippen molar-refractivity contribution in [1.29, 1.82) is 0 Å². The molecule has 0 atom stereocenters. The second-order valence-electron chi connectivity index (χ2n) is 4.29. The molecule has 0 fully saturated rings. The monoisotopic (exact) mass is 422 g/mol. The molecule has 1 aromatic heterocycles. The number of thiophene rings is 1. The molecule has 4 nitrogen and oxygen atoms in total. The fraction of sp³-hybridized carbons (Fsp3) is 0.231. The van der Waals surface area contributed by atoms with Crippen molar-refractivity contribution in [3.63, 3.8) is 0 Å². The molecule has 7 heteroatoms. The number of hydrogen-bond donors (Lipinski definition) is 2. The Bertz CT molecular complexity index is 711. The highest BCUT2D eigenvalue weighted by molar-refractivity contribution is 14.1. The Labute approximate surface area is 136 Å². The number of benzene rings is 1. The Morgan fingerprint density at radius 1 is 1.30 bits per heavy atom. The first-order valence-corrected chi connectivity index (χ1v) is 9.39. The molecule has 20 heavy (non-hydrogen) atoms. The largest absolute Gasteiger partial charge is 0.315 e. The van der Waals surface area contributed by atoms with Gasteiger partial charge in [-0.1, -0.05) is 12.1 Å². The summed E-state index contributed by atoms with van der Waals surface area (Å²) >= 11 is 3.57. The van der Waals surface area contributed by atoms with Gasteiger partial charge in [-0.3, -0.25) is 4.72 Å². The van der Waals surface area contributed by atoms with Gasteiger partial charge in [-0.25, -0.2) is 8.42 Å². The molecule has 0 unspecified atom stereocenters. The van der Waals surface area contributed by atoms with Crippen molar-refractivity contribution >= 4 is 49.6 Å². The normalized spacial score (nSPS) is 11.6. The molecule has 0 radical (unpaired) electrons. The van der Waals surface area contributed by atoms with Crippen LogP contribution in [0.4, 0.5) is 5.69 Å². The molecule has 1 aromatic carbocycles. The van der Waals surface area contributed by atoms with Gasteiger partial charge in [0, 0.05) is 15.0 Å². The number of hydrogen-bond acceptors (Lipinski definition) is 4. The molecule has 2 aromatic rings. The van der Waals surface area contributed by atoms with Gasteiger partial charge in [0.2, 0.25) is 0 Å². The topological polar surface area (TPSA) is 58.2 Å². The lowest BCUT2D eigenvalue weighted by atomic mass is 10.3. The van der Waals surface area contributed by atoms with E-state index in [2.05, 4.69) is 32.6 Å². The molecule has 0 bridgehead atoms. The molecule has 2 N–H and O–H groups in total. The van der Waals surface area contributed by atoms with E-state index in [1.165, 1.54) is 11.3 Å². The molecule has 0 aliphatic rings. The Balaban J connectivity index is 2.41. The lowest BCUT2D eigenvalue weighted by Crippen LogP contribution is -2.17. The van der Waals surface area contributed by atoms with E-state index in [0.717, 1.165) is 14.0 Å². The zero-order chi connectivity index (χ0) is 14.8. The van der Waals surface area contributed by atoms with Crippen molar-refractivity contribution < 1.29 is 8.42 Å². The summed E-state index contributed by atoms with van der Waals surface area (Å²) in [6.07, 6.45) is 0. The number of aryl methyl sites for hydroxylation is 1. The summed E-state index contributed by atoms with van der Waals surface area (Å²) in [7, 11) is -1.76. The van der Waals surface area contributed by atoms with Gasteiger partial charge < -0.3 is 5.32 Å². The molecule has 1 heterocycles. The third kappa shape index (κ3) is 3.33. The van der Waals surface area contributed by atoms with Crippen LogP contribution in [0.5, 0.6) is 0 Å². The van der Waals surface area contributed by atoms with E-state index in [1.807, 2.05) is 30.5 Å². The van der Waals surface area contributed by atoms with E-state index in [4.69, 9.17) is 0 Å². The molecular weight excluding hydrogens is 407 g/mol. The zero-order valence-corrected chi connectivity index (χ0v) is 14.9. The first kappa shape index (κ1) is 15.7. The quantitative estimate of drug-likeness (QED) is 0.728. The van der Waals surface area contributed by atoms with Crippen LogP contribution in [0, 0.1) is 10.5 Å². The van der Waals surface area contributed by atoms with E-state index in [0.29, 0.717) is 17.1 Å². The zero-order valence-electron chi connectivity index (χ0n) is 11.1. The van der Waals surface area contributed by atoms with Crippen LogP contribution in [0.1, 0.15) is 10.4 Å². The summed E-state index contributed by atoms with van der Waals surface area (Å²) in [6, 6.07) is 7.32. The Kier molecular flexibility index (Phi) is 5.05. The first-order valence-electron chi connectivity index (χ1n) is 5.94. The summed E-state index contributed by atoms with van der Waals surface area (Å²) in [6.45, 7) is 2.36. The number of sulfonamides is 1.